The Morgan fingerprint density at radius 2 is 1.89 bits per heavy atom. The van der Waals surface area contributed by atoms with Crippen LogP contribution in [0.1, 0.15) is 66.7 Å². The topological polar surface area (TPSA) is 15.3 Å². The first kappa shape index (κ1) is 16.0. The zero-order chi connectivity index (χ0) is 13.5. The summed E-state index contributed by atoms with van der Waals surface area (Å²) in [6, 6.07) is 2.22. The van der Waals surface area contributed by atoms with E-state index >= 15 is 0 Å². The minimum absolute atomic E-state index is 0.720. The van der Waals surface area contributed by atoms with Crippen molar-refractivity contribution in [1.29, 1.82) is 0 Å². The molecule has 1 saturated heterocycles. The quantitative estimate of drug-likeness (QED) is 0.746. The Morgan fingerprint density at radius 3 is 2.44 bits per heavy atom. The summed E-state index contributed by atoms with van der Waals surface area (Å²) in [4.78, 5) is 2.79. The Morgan fingerprint density at radius 1 is 1.17 bits per heavy atom. The highest BCUT2D eigenvalue weighted by Gasteiger charge is 2.30. The van der Waals surface area contributed by atoms with E-state index < -0.39 is 0 Å². The molecule has 0 aliphatic carbocycles. The summed E-state index contributed by atoms with van der Waals surface area (Å²) in [7, 11) is 0. The minimum atomic E-state index is 0.720. The van der Waals surface area contributed by atoms with Crippen LogP contribution in [0.25, 0.3) is 0 Å². The molecule has 0 radical (unpaired) electrons. The zero-order valence-electron chi connectivity index (χ0n) is 13.2. The third-order valence-corrected chi connectivity index (χ3v) is 4.20. The van der Waals surface area contributed by atoms with E-state index in [1.54, 1.807) is 0 Å². The smallest absolute Gasteiger partial charge is 0.0226 e. The van der Waals surface area contributed by atoms with Gasteiger partial charge in [0.2, 0.25) is 0 Å². The monoisotopic (exact) mass is 254 g/mol. The number of hydrogen-bond acceptors (Lipinski definition) is 2. The molecule has 2 nitrogen and oxygen atoms in total. The van der Waals surface area contributed by atoms with Gasteiger partial charge in [-0.1, -0.05) is 40.5 Å². The fraction of sp³-hybridized carbons (Fsp3) is 1.00. The Hall–Kier alpha value is -0.0800. The van der Waals surface area contributed by atoms with Crippen molar-refractivity contribution in [3.63, 3.8) is 0 Å². The lowest BCUT2D eigenvalue weighted by atomic mass is 9.95. The van der Waals surface area contributed by atoms with Crippen molar-refractivity contribution in [1.82, 2.24) is 10.2 Å². The summed E-state index contributed by atoms with van der Waals surface area (Å²) in [6.07, 6.45) is 6.59. The van der Waals surface area contributed by atoms with Crippen molar-refractivity contribution < 1.29 is 0 Å². The van der Waals surface area contributed by atoms with Crippen LogP contribution in [-0.4, -0.2) is 36.1 Å². The molecule has 1 N–H and O–H groups in total. The highest BCUT2D eigenvalue weighted by atomic mass is 15.2. The van der Waals surface area contributed by atoms with E-state index in [1.807, 2.05) is 0 Å². The second kappa shape index (κ2) is 8.16. The molecule has 3 unspecified atom stereocenters. The predicted molar refractivity (Wildman–Crippen MR) is 81.0 cm³/mol. The third kappa shape index (κ3) is 4.89. The lowest BCUT2D eigenvalue weighted by Gasteiger charge is -2.44. The van der Waals surface area contributed by atoms with Crippen molar-refractivity contribution >= 4 is 0 Å². The minimum Gasteiger partial charge on any atom is -0.311 e. The first-order valence-electron chi connectivity index (χ1n) is 8.07. The van der Waals surface area contributed by atoms with Crippen LogP contribution in [0.15, 0.2) is 0 Å². The Bertz CT molecular complexity index is 215. The largest absolute Gasteiger partial charge is 0.311 e. The van der Waals surface area contributed by atoms with E-state index in [9.17, 15) is 0 Å². The number of hydrogen-bond donors (Lipinski definition) is 1. The molecule has 0 amide bonds. The van der Waals surface area contributed by atoms with Gasteiger partial charge in [0.15, 0.2) is 0 Å². The van der Waals surface area contributed by atoms with Gasteiger partial charge >= 0.3 is 0 Å². The lowest BCUT2D eigenvalue weighted by molar-refractivity contribution is 0.0698. The van der Waals surface area contributed by atoms with Gasteiger partial charge in [-0.2, -0.15) is 0 Å². The summed E-state index contributed by atoms with van der Waals surface area (Å²) in [5.41, 5.74) is 0. The van der Waals surface area contributed by atoms with Crippen molar-refractivity contribution in [2.45, 2.75) is 84.8 Å². The van der Waals surface area contributed by atoms with E-state index in [0.717, 1.165) is 24.0 Å². The van der Waals surface area contributed by atoms with Gasteiger partial charge in [0, 0.05) is 31.2 Å². The maximum absolute atomic E-state index is 3.76. The molecule has 1 rings (SSSR count). The SMILES string of the molecule is CCCC1CN(C(C)CCC)C(CC(C)C)CN1. The van der Waals surface area contributed by atoms with Crippen LogP contribution in [0.2, 0.25) is 0 Å². The molecule has 0 aromatic heterocycles. The van der Waals surface area contributed by atoms with Gasteiger partial charge < -0.3 is 5.32 Å². The molecular formula is C16H34N2. The summed E-state index contributed by atoms with van der Waals surface area (Å²) < 4.78 is 0. The van der Waals surface area contributed by atoms with Crippen LogP contribution < -0.4 is 5.32 Å². The predicted octanol–water partition coefficient (Wildman–Crippen LogP) is 3.66. The summed E-state index contributed by atoms with van der Waals surface area (Å²) >= 11 is 0. The molecule has 0 spiro atoms. The van der Waals surface area contributed by atoms with Gasteiger partial charge in [0.1, 0.15) is 0 Å². The molecule has 108 valence electrons. The lowest BCUT2D eigenvalue weighted by Crippen LogP contribution is -2.59. The van der Waals surface area contributed by atoms with Gasteiger partial charge in [-0.15, -0.1) is 0 Å². The highest BCUT2D eigenvalue weighted by molar-refractivity contribution is 4.89. The molecular weight excluding hydrogens is 220 g/mol. The molecule has 1 heterocycles. The molecule has 0 saturated carbocycles. The first-order chi connectivity index (χ1) is 8.58. The molecule has 2 heteroatoms. The van der Waals surface area contributed by atoms with E-state index in [0.29, 0.717) is 0 Å². The van der Waals surface area contributed by atoms with Crippen LogP contribution in [-0.2, 0) is 0 Å². The third-order valence-electron chi connectivity index (χ3n) is 4.20. The maximum Gasteiger partial charge on any atom is 0.0226 e. The van der Waals surface area contributed by atoms with Gasteiger partial charge in [0.05, 0.1) is 0 Å². The molecule has 1 aliphatic heterocycles. The van der Waals surface area contributed by atoms with Crippen molar-refractivity contribution in [3.05, 3.63) is 0 Å². The van der Waals surface area contributed by atoms with Crippen LogP contribution in [0, 0.1) is 5.92 Å². The van der Waals surface area contributed by atoms with E-state index in [4.69, 9.17) is 0 Å². The number of nitrogens with one attached hydrogen (secondary N) is 1. The molecule has 1 fully saturated rings. The van der Waals surface area contributed by atoms with Gasteiger partial charge in [-0.25, -0.2) is 0 Å². The van der Waals surface area contributed by atoms with Crippen molar-refractivity contribution in [2.75, 3.05) is 13.1 Å². The molecule has 0 bridgehead atoms. The average molecular weight is 254 g/mol. The Balaban J connectivity index is 2.60. The molecule has 3 atom stereocenters. The van der Waals surface area contributed by atoms with Crippen molar-refractivity contribution in [2.24, 2.45) is 5.92 Å². The van der Waals surface area contributed by atoms with E-state index in [1.165, 1.54) is 45.2 Å². The summed E-state index contributed by atoms with van der Waals surface area (Å²) in [5.74, 6) is 0.802. The van der Waals surface area contributed by atoms with Gasteiger partial charge in [0.25, 0.3) is 0 Å². The van der Waals surface area contributed by atoms with Gasteiger partial charge in [-0.05, 0) is 32.1 Å². The normalized spacial score (nSPS) is 27.7. The fourth-order valence-electron chi connectivity index (χ4n) is 3.32. The number of piperazine rings is 1. The molecule has 18 heavy (non-hydrogen) atoms. The first-order valence-corrected chi connectivity index (χ1v) is 8.07. The Kier molecular flexibility index (Phi) is 7.25. The number of nitrogens with zero attached hydrogens (tertiary/aromatic N) is 1. The van der Waals surface area contributed by atoms with Crippen LogP contribution in [0.3, 0.4) is 0 Å². The zero-order valence-corrected chi connectivity index (χ0v) is 13.2. The average Bonchev–Trinajstić information content (AvgIpc) is 2.31. The second-order valence-corrected chi connectivity index (χ2v) is 6.51. The van der Waals surface area contributed by atoms with Crippen molar-refractivity contribution in [3.8, 4) is 0 Å². The van der Waals surface area contributed by atoms with Gasteiger partial charge in [-0.3, -0.25) is 4.90 Å². The van der Waals surface area contributed by atoms with Crippen LogP contribution in [0.4, 0.5) is 0 Å². The Labute approximate surface area is 115 Å². The van der Waals surface area contributed by atoms with Crippen LogP contribution in [0.5, 0.6) is 0 Å². The molecule has 1 aliphatic rings. The fourth-order valence-corrected chi connectivity index (χ4v) is 3.32. The molecule has 0 aromatic carbocycles. The maximum atomic E-state index is 3.76. The van der Waals surface area contributed by atoms with E-state index in [-0.39, 0.29) is 0 Å². The molecule has 0 aromatic rings. The van der Waals surface area contributed by atoms with E-state index in [2.05, 4.69) is 44.8 Å². The summed E-state index contributed by atoms with van der Waals surface area (Å²) in [5, 5.41) is 3.76. The number of rotatable bonds is 7. The van der Waals surface area contributed by atoms with Crippen LogP contribution >= 0.6 is 0 Å². The summed E-state index contributed by atoms with van der Waals surface area (Å²) in [6.45, 7) is 14.2. The standard InChI is InChI=1S/C16H34N2/c1-6-8-14(5)18-12-15(9-7-2)17-11-16(18)10-13(3)4/h13-17H,6-12H2,1-5H3. The second-order valence-electron chi connectivity index (χ2n) is 6.51. The highest BCUT2D eigenvalue weighted by Crippen LogP contribution is 2.21.